The number of hydrogen-bond donors (Lipinski definition) is 1. The summed E-state index contributed by atoms with van der Waals surface area (Å²) in [7, 11) is 1.41. The molecule has 1 amide bonds. The Morgan fingerprint density at radius 2 is 2.19 bits per heavy atom. The van der Waals surface area contributed by atoms with Crippen LogP contribution >= 0.6 is 0 Å². The zero-order chi connectivity index (χ0) is 15.2. The molecule has 2 aliphatic rings. The summed E-state index contributed by atoms with van der Waals surface area (Å²) in [4.78, 5) is 14.6. The Kier molecular flexibility index (Phi) is 3.40. The molecule has 0 radical (unpaired) electrons. The summed E-state index contributed by atoms with van der Waals surface area (Å²) in [6, 6.07) is 4.41. The third-order valence-corrected chi connectivity index (χ3v) is 5.00. The van der Waals surface area contributed by atoms with E-state index in [1.165, 1.54) is 19.2 Å². The van der Waals surface area contributed by atoms with E-state index in [-0.39, 0.29) is 17.2 Å². The van der Waals surface area contributed by atoms with Crippen LogP contribution in [-0.4, -0.2) is 43.1 Å². The van der Waals surface area contributed by atoms with E-state index >= 15 is 0 Å². The standard InChI is InChI=1S/C16H21FN2O2/c1-16(2)12-8-18-7-11(12)9-19(16)15(20)10-4-5-14(21-3)13(17)6-10/h4-6,11-12,18H,7-9H2,1-3H3. The minimum absolute atomic E-state index is 0.101. The van der Waals surface area contributed by atoms with Crippen molar-refractivity contribution in [2.24, 2.45) is 11.8 Å². The van der Waals surface area contributed by atoms with E-state index in [0.29, 0.717) is 17.4 Å². The molecule has 4 nitrogen and oxygen atoms in total. The van der Waals surface area contributed by atoms with Crippen LogP contribution in [0.1, 0.15) is 24.2 Å². The molecule has 0 aliphatic carbocycles. The van der Waals surface area contributed by atoms with Gasteiger partial charge in [0.05, 0.1) is 7.11 Å². The Bertz CT molecular complexity index is 573. The first-order chi connectivity index (χ1) is 9.95. The molecule has 0 bridgehead atoms. The van der Waals surface area contributed by atoms with Crippen molar-refractivity contribution in [1.82, 2.24) is 10.2 Å². The normalized spacial score (nSPS) is 26.8. The number of rotatable bonds is 2. The minimum atomic E-state index is -0.498. The topological polar surface area (TPSA) is 41.6 Å². The number of ether oxygens (including phenoxy) is 1. The SMILES string of the molecule is COc1ccc(C(=O)N2CC3CNCC3C2(C)C)cc1F. The second-order valence-corrected chi connectivity index (χ2v) is 6.44. The molecule has 0 saturated carbocycles. The number of nitrogens with one attached hydrogen (secondary N) is 1. The van der Waals surface area contributed by atoms with E-state index in [0.717, 1.165) is 19.6 Å². The average molecular weight is 292 g/mol. The number of likely N-dealkylation sites (tertiary alicyclic amines) is 1. The van der Waals surface area contributed by atoms with Gasteiger partial charge in [-0.25, -0.2) is 4.39 Å². The predicted molar refractivity (Wildman–Crippen MR) is 77.9 cm³/mol. The lowest BCUT2D eigenvalue weighted by Gasteiger charge is -2.35. The maximum absolute atomic E-state index is 13.8. The highest BCUT2D eigenvalue weighted by atomic mass is 19.1. The molecule has 114 valence electrons. The zero-order valence-electron chi connectivity index (χ0n) is 12.6. The molecule has 21 heavy (non-hydrogen) atoms. The van der Waals surface area contributed by atoms with Crippen LogP contribution in [-0.2, 0) is 0 Å². The number of halogens is 1. The fourth-order valence-electron chi connectivity index (χ4n) is 3.72. The maximum atomic E-state index is 13.8. The first-order valence-electron chi connectivity index (χ1n) is 7.31. The third kappa shape index (κ3) is 2.20. The highest BCUT2D eigenvalue weighted by Crippen LogP contribution is 2.41. The van der Waals surface area contributed by atoms with Crippen LogP contribution < -0.4 is 10.1 Å². The van der Waals surface area contributed by atoms with E-state index < -0.39 is 5.82 Å². The molecule has 2 fully saturated rings. The summed E-state index contributed by atoms with van der Waals surface area (Å²) < 4.78 is 18.7. The molecule has 1 aromatic carbocycles. The van der Waals surface area contributed by atoms with Crippen LogP contribution in [0.2, 0.25) is 0 Å². The molecule has 2 saturated heterocycles. The summed E-state index contributed by atoms with van der Waals surface area (Å²) in [6.07, 6.45) is 0. The van der Waals surface area contributed by atoms with Crippen LogP contribution in [0.25, 0.3) is 0 Å². The first-order valence-corrected chi connectivity index (χ1v) is 7.31. The van der Waals surface area contributed by atoms with Crippen molar-refractivity contribution in [1.29, 1.82) is 0 Å². The molecule has 1 N–H and O–H groups in total. The number of nitrogens with zero attached hydrogens (tertiary/aromatic N) is 1. The van der Waals surface area contributed by atoms with Crippen molar-refractivity contribution in [3.63, 3.8) is 0 Å². The number of fused-ring (bicyclic) bond motifs is 1. The van der Waals surface area contributed by atoms with E-state index in [4.69, 9.17) is 4.74 Å². The number of methoxy groups -OCH3 is 1. The van der Waals surface area contributed by atoms with Gasteiger partial charge in [0.15, 0.2) is 11.6 Å². The summed E-state index contributed by atoms with van der Waals surface area (Å²) in [5.74, 6) is 0.517. The second kappa shape index (κ2) is 4.98. The van der Waals surface area contributed by atoms with Crippen molar-refractivity contribution >= 4 is 5.91 Å². The van der Waals surface area contributed by atoms with Gasteiger partial charge in [-0.1, -0.05) is 0 Å². The number of benzene rings is 1. The van der Waals surface area contributed by atoms with Crippen molar-refractivity contribution in [2.75, 3.05) is 26.7 Å². The van der Waals surface area contributed by atoms with Gasteiger partial charge < -0.3 is 15.0 Å². The van der Waals surface area contributed by atoms with Crippen molar-refractivity contribution in [3.8, 4) is 5.75 Å². The molecule has 0 aromatic heterocycles. The largest absolute Gasteiger partial charge is 0.494 e. The van der Waals surface area contributed by atoms with Crippen LogP contribution in [0.5, 0.6) is 5.75 Å². The fourth-order valence-corrected chi connectivity index (χ4v) is 3.72. The lowest BCUT2D eigenvalue weighted by Crippen LogP contribution is -2.47. The first kappa shape index (κ1) is 14.3. The van der Waals surface area contributed by atoms with Crippen molar-refractivity contribution in [3.05, 3.63) is 29.6 Å². The van der Waals surface area contributed by atoms with Crippen molar-refractivity contribution < 1.29 is 13.9 Å². The van der Waals surface area contributed by atoms with Gasteiger partial charge in [0.2, 0.25) is 0 Å². The van der Waals surface area contributed by atoms with Gasteiger partial charge in [-0.3, -0.25) is 4.79 Å². The van der Waals surface area contributed by atoms with Crippen LogP contribution in [0.3, 0.4) is 0 Å². The summed E-state index contributed by atoms with van der Waals surface area (Å²) in [6.45, 7) is 6.83. The quantitative estimate of drug-likeness (QED) is 0.905. The summed E-state index contributed by atoms with van der Waals surface area (Å²) >= 11 is 0. The highest BCUT2D eigenvalue weighted by molar-refractivity contribution is 5.95. The van der Waals surface area contributed by atoms with Gasteiger partial charge in [-0.05, 0) is 43.9 Å². The van der Waals surface area contributed by atoms with E-state index in [1.807, 2.05) is 4.90 Å². The van der Waals surface area contributed by atoms with E-state index in [1.54, 1.807) is 6.07 Å². The predicted octanol–water partition coefficient (Wildman–Crippen LogP) is 1.90. The molecule has 2 aliphatic heterocycles. The minimum Gasteiger partial charge on any atom is -0.494 e. The Morgan fingerprint density at radius 1 is 1.43 bits per heavy atom. The highest BCUT2D eigenvalue weighted by Gasteiger charge is 2.51. The molecule has 1 aromatic rings. The Hall–Kier alpha value is -1.62. The van der Waals surface area contributed by atoms with Crippen LogP contribution in [0.15, 0.2) is 18.2 Å². The van der Waals surface area contributed by atoms with Gasteiger partial charge >= 0.3 is 0 Å². The van der Waals surface area contributed by atoms with Crippen LogP contribution in [0, 0.1) is 17.7 Å². The van der Waals surface area contributed by atoms with Gasteiger partial charge in [0.1, 0.15) is 0 Å². The Balaban J connectivity index is 1.87. The average Bonchev–Trinajstić information content (AvgIpc) is 3.00. The zero-order valence-corrected chi connectivity index (χ0v) is 12.6. The van der Waals surface area contributed by atoms with E-state index in [2.05, 4.69) is 19.2 Å². The van der Waals surface area contributed by atoms with Gasteiger partial charge in [-0.2, -0.15) is 0 Å². The third-order valence-electron chi connectivity index (χ3n) is 5.00. The lowest BCUT2D eigenvalue weighted by molar-refractivity contribution is 0.0603. The number of amides is 1. The molecule has 5 heteroatoms. The molecule has 2 unspecified atom stereocenters. The molecule has 2 heterocycles. The Labute approximate surface area is 124 Å². The monoisotopic (exact) mass is 292 g/mol. The smallest absolute Gasteiger partial charge is 0.254 e. The number of carbonyl (C=O) groups excluding carboxylic acids is 1. The van der Waals surface area contributed by atoms with Gasteiger partial charge in [0.25, 0.3) is 5.91 Å². The summed E-state index contributed by atoms with van der Waals surface area (Å²) in [5, 5.41) is 3.39. The molecule has 3 rings (SSSR count). The molecule has 2 atom stereocenters. The van der Waals surface area contributed by atoms with Crippen molar-refractivity contribution in [2.45, 2.75) is 19.4 Å². The molecular formula is C16H21FN2O2. The molecular weight excluding hydrogens is 271 g/mol. The van der Waals surface area contributed by atoms with Gasteiger partial charge in [-0.15, -0.1) is 0 Å². The second-order valence-electron chi connectivity index (χ2n) is 6.44. The molecule has 0 spiro atoms. The number of hydrogen-bond acceptors (Lipinski definition) is 3. The maximum Gasteiger partial charge on any atom is 0.254 e. The fraction of sp³-hybridized carbons (Fsp3) is 0.562. The number of carbonyl (C=O) groups is 1. The van der Waals surface area contributed by atoms with Crippen LogP contribution in [0.4, 0.5) is 4.39 Å². The van der Waals surface area contributed by atoms with E-state index in [9.17, 15) is 9.18 Å². The summed E-state index contributed by atoms with van der Waals surface area (Å²) in [5.41, 5.74) is 0.177. The van der Waals surface area contributed by atoms with Gasteiger partial charge in [0, 0.05) is 30.7 Å². The lowest BCUT2D eigenvalue weighted by atomic mass is 9.84. The Morgan fingerprint density at radius 3 is 2.81 bits per heavy atom.